The number of anilines is 1. The maximum Gasteiger partial charge on any atom is 0.129 e. The van der Waals surface area contributed by atoms with E-state index < -0.39 is 6.10 Å². The van der Waals surface area contributed by atoms with Gasteiger partial charge in [-0.1, -0.05) is 24.3 Å². The number of hydrogen-bond acceptors (Lipinski definition) is 3. The van der Waals surface area contributed by atoms with Crippen molar-refractivity contribution in [2.75, 3.05) is 5.73 Å². The van der Waals surface area contributed by atoms with Gasteiger partial charge in [0.2, 0.25) is 0 Å². The minimum absolute atomic E-state index is 0.145. The Morgan fingerprint density at radius 3 is 2.94 bits per heavy atom. The van der Waals surface area contributed by atoms with E-state index in [1.807, 2.05) is 25.1 Å². The fraction of sp³-hybridized carbons (Fsp3) is 0.267. The molecule has 0 saturated heterocycles. The molecule has 1 aromatic heterocycles. The highest BCUT2D eigenvalue weighted by atomic mass is 16.3. The first-order valence-electron chi connectivity index (χ1n) is 6.14. The van der Waals surface area contributed by atoms with E-state index in [0.29, 0.717) is 5.82 Å². The molecule has 3 nitrogen and oxygen atoms in total. The van der Waals surface area contributed by atoms with Crippen LogP contribution in [0.4, 0.5) is 5.82 Å². The number of fused-ring (bicyclic) bond motifs is 1. The van der Waals surface area contributed by atoms with Crippen molar-refractivity contribution >= 4 is 5.82 Å². The van der Waals surface area contributed by atoms with Crippen molar-refractivity contribution < 1.29 is 5.11 Å². The summed E-state index contributed by atoms with van der Waals surface area (Å²) in [4.78, 5) is 4.11. The van der Waals surface area contributed by atoms with Gasteiger partial charge in [-0.05, 0) is 36.1 Å². The highest BCUT2D eigenvalue weighted by Crippen LogP contribution is 2.44. The second-order valence-corrected chi connectivity index (χ2v) is 4.94. The number of nitrogen functional groups attached to an aromatic ring is 1. The van der Waals surface area contributed by atoms with Crippen LogP contribution in [0.2, 0.25) is 0 Å². The van der Waals surface area contributed by atoms with Crippen LogP contribution in [0.15, 0.2) is 36.5 Å². The SMILES string of the molecule is Cc1cnc(N)c(C(O)C2Cc3ccccc32)c1. The van der Waals surface area contributed by atoms with Crippen LogP contribution in [-0.4, -0.2) is 10.1 Å². The maximum atomic E-state index is 10.5. The van der Waals surface area contributed by atoms with Crippen LogP contribution in [0.5, 0.6) is 0 Å². The first kappa shape index (κ1) is 11.2. The molecular formula is C15H16N2O. The molecule has 0 saturated carbocycles. The normalized spacial score (nSPS) is 18.9. The molecule has 2 unspecified atom stereocenters. The molecule has 0 aliphatic heterocycles. The lowest BCUT2D eigenvalue weighted by Crippen LogP contribution is -2.24. The number of nitrogens with zero attached hydrogens (tertiary/aromatic N) is 1. The number of aliphatic hydroxyl groups excluding tert-OH is 1. The molecule has 18 heavy (non-hydrogen) atoms. The Morgan fingerprint density at radius 1 is 1.39 bits per heavy atom. The summed E-state index contributed by atoms with van der Waals surface area (Å²) >= 11 is 0. The van der Waals surface area contributed by atoms with Gasteiger partial charge in [-0.2, -0.15) is 0 Å². The molecule has 1 heterocycles. The minimum atomic E-state index is -0.563. The predicted octanol–water partition coefficient (Wildman–Crippen LogP) is 2.35. The van der Waals surface area contributed by atoms with E-state index in [4.69, 9.17) is 5.73 Å². The van der Waals surface area contributed by atoms with Crippen molar-refractivity contribution in [3.8, 4) is 0 Å². The van der Waals surface area contributed by atoms with Gasteiger partial charge in [-0.15, -0.1) is 0 Å². The van der Waals surface area contributed by atoms with Crippen LogP contribution < -0.4 is 5.73 Å². The zero-order chi connectivity index (χ0) is 12.7. The summed E-state index contributed by atoms with van der Waals surface area (Å²) in [6, 6.07) is 10.1. The zero-order valence-electron chi connectivity index (χ0n) is 10.3. The number of rotatable bonds is 2. The molecule has 3 N–H and O–H groups in total. The third kappa shape index (κ3) is 1.68. The smallest absolute Gasteiger partial charge is 0.129 e. The quantitative estimate of drug-likeness (QED) is 0.847. The van der Waals surface area contributed by atoms with Gasteiger partial charge >= 0.3 is 0 Å². The molecule has 0 amide bonds. The van der Waals surface area contributed by atoms with Crippen LogP contribution in [0, 0.1) is 6.92 Å². The molecule has 0 spiro atoms. The van der Waals surface area contributed by atoms with Gasteiger partial charge in [0.25, 0.3) is 0 Å². The van der Waals surface area contributed by atoms with Crippen LogP contribution in [0.3, 0.4) is 0 Å². The van der Waals surface area contributed by atoms with E-state index in [9.17, 15) is 5.11 Å². The Morgan fingerprint density at radius 2 is 2.17 bits per heavy atom. The van der Waals surface area contributed by atoms with Crippen molar-refractivity contribution in [2.24, 2.45) is 0 Å². The number of aryl methyl sites for hydroxylation is 1. The van der Waals surface area contributed by atoms with Gasteiger partial charge in [0.05, 0.1) is 6.10 Å². The van der Waals surface area contributed by atoms with E-state index in [1.54, 1.807) is 6.20 Å². The third-order valence-electron chi connectivity index (χ3n) is 3.68. The summed E-state index contributed by atoms with van der Waals surface area (Å²) < 4.78 is 0. The maximum absolute atomic E-state index is 10.5. The Bertz CT molecular complexity index is 595. The minimum Gasteiger partial charge on any atom is -0.388 e. The lowest BCUT2D eigenvalue weighted by Gasteiger charge is -2.34. The number of pyridine rings is 1. The van der Waals surface area contributed by atoms with Gasteiger partial charge in [0.1, 0.15) is 5.82 Å². The zero-order valence-corrected chi connectivity index (χ0v) is 10.3. The molecule has 3 rings (SSSR count). The summed E-state index contributed by atoms with van der Waals surface area (Å²) in [7, 11) is 0. The number of hydrogen-bond donors (Lipinski definition) is 2. The molecule has 3 heteroatoms. The Kier molecular flexibility index (Phi) is 2.56. The van der Waals surface area contributed by atoms with E-state index >= 15 is 0 Å². The van der Waals surface area contributed by atoms with E-state index in [-0.39, 0.29) is 5.92 Å². The number of aliphatic hydroxyl groups is 1. The highest BCUT2D eigenvalue weighted by Gasteiger charge is 2.33. The standard InChI is InChI=1S/C15H16N2O/c1-9-6-13(15(16)17-8-9)14(18)12-7-10-4-2-3-5-11(10)12/h2-6,8,12,14,18H,7H2,1H3,(H2,16,17). The van der Waals surface area contributed by atoms with Crippen molar-refractivity contribution in [2.45, 2.75) is 25.4 Å². The first-order valence-corrected chi connectivity index (χ1v) is 6.14. The van der Waals surface area contributed by atoms with Crippen LogP contribution in [0.25, 0.3) is 0 Å². The van der Waals surface area contributed by atoms with Gasteiger partial charge < -0.3 is 10.8 Å². The molecule has 1 aliphatic carbocycles. The number of benzene rings is 1. The van der Waals surface area contributed by atoms with Gasteiger partial charge in [-0.3, -0.25) is 0 Å². The molecule has 0 radical (unpaired) electrons. The van der Waals surface area contributed by atoms with E-state index in [1.165, 1.54) is 11.1 Å². The number of nitrogens with two attached hydrogens (primary N) is 1. The molecule has 92 valence electrons. The average molecular weight is 240 g/mol. The molecule has 0 fully saturated rings. The van der Waals surface area contributed by atoms with Crippen molar-refractivity contribution in [1.82, 2.24) is 4.98 Å². The average Bonchev–Trinajstić information content (AvgIpc) is 2.33. The summed E-state index contributed by atoms with van der Waals surface area (Å²) in [5.41, 5.74) is 10.2. The van der Waals surface area contributed by atoms with Gasteiger partial charge in [0, 0.05) is 17.7 Å². The Hall–Kier alpha value is -1.87. The lowest BCUT2D eigenvalue weighted by molar-refractivity contribution is 0.135. The van der Waals surface area contributed by atoms with Gasteiger partial charge in [-0.25, -0.2) is 4.98 Å². The summed E-state index contributed by atoms with van der Waals surface area (Å²) in [5, 5.41) is 10.5. The fourth-order valence-electron chi connectivity index (χ4n) is 2.64. The summed E-state index contributed by atoms with van der Waals surface area (Å²) in [6.45, 7) is 1.96. The van der Waals surface area contributed by atoms with E-state index in [2.05, 4.69) is 17.1 Å². The summed E-state index contributed by atoms with van der Waals surface area (Å²) in [6.07, 6.45) is 2.07. The van der Waals surface area contributed by atoms with Crippen LogP contribution >= 0.6 is 0 Å². The largest absolute Gasteiger partial charge is 0.388 e. The fourth-order valence-corrected chi connectivity index (χ4v) is 2.64. The molecule has 1 aromatic carbocycles. The van der Waals surface area contributed by atoms with E-state index in [0.717, 1.165) is 17.5 Å². The third-order valence-corrected chi connectivity index (χ3v) is 3.68. The van der Waals surface area contributed by atoms with Crippen LogP contribution in [0.1, 0.15) is 34.3 Å². The van der Waals surface area contributed by atoms with Crippen molar-refractivity contribution in [1.29, 1.82) is 0 Å². The first-order chi connectivity index (χ1) is 8.66. The van der Waals surface area contributed by atoms with Crippen molar-refractivity contribution in [3.63, 3.8) is 0 Å². The van der Waals surface area contributed by atoms with Crippen LogP contribution in [-0.2, 0) is 6.42 Å². The Labute approximate surface area is 106 Å². The molecule has 2 aromatic rings. The molecular weight excluding hydrogens is 224 g/mol. The lowest BCUT2D eigenvalue weighted by atomic mass is 9.73. The van der Waals surface area contributed by atoms with Gasteiger partial charge in [0.15, 0.2) is 0 Å². The predicted molar refractivity (Wildman–Crippen MR) is 71.2 cm³/mol. The van der Waals surface area contributed by atoms with Crippen molar-refractivity contribution in [3.05, 3.63) is 58.8 Å². The monoisotopic (exact) mass is 240 g/mol. The second kappa shape index (κ2) is 4.10. The number of aromatic nitrogens is 1. The molecule has 2 atom stereocenters. The summed E-state index contributed by atoms with van der Waals surface area (Å²) in [5.74, 6) is 0.574. The molecule has 1 aliphatic rings. The highest BCUT2D eigenvalue weighted by molar-refractivity contribution is 5.48. The topological polar surface area (TPSA) is 59.1 Å². The second-order valence-electron chi connectivity index (χ2n) is 4.94. The molecule has 0 bridgehead atoms. The Balaban J connectivity index is 1.93.